The van der Waals surface area contributed by atoms with Crippen LogP contribution in [-0.4, -0.2) is 31.4 Å². The Bertz CT molecular complexity index is 728. The number of nitrogens with zero attached hydrogens (tertiary/aromatic N) is 3. The summed E-state index contributed by atoms with van der Waals surface area (Å²) in [4.78, 5) is 14.2. The molecule has 1 fully saturated rings. The van der Waals surface area contributed by atoms with Gasteiger partial charge in [-0.3, -0.25) is 4.79 Å². The summed E-state index contributed by atoms with van der Waals surface area (Å²) in [5.74, 6) is 2.15. The van der Waals surface area contributed by atoms with E-state index >= 15 is 0 Å². The van der Waals surface area contributed by atoms with E-state index in [4.69, 9.17) is 10.00 Å². The lowest BCUT2D eigenvalue weighted by atomic mass is 9.39. The van der Waals surface area contributed by atoms with E-state index in [1.165, 1.54) is 0 Å². The predicted octanol–water partition coefficient (Wildman–Crippen LogP) is 4.18. The zero-order chi connectivity index (χ0) is 20.0. The molecular formula is C21H28BN3O2. The number of hydrogen-bond donors (Lipinski definition) is 0. The second kappa shape index (κ2) is 8.95. The van der Waals surface area contributed by atoms with Gasteiger partial charge in [0.2, 0.25) is 0 Å². The van der Waals surface area contributed by atoms with Crippen molar-refractivity contribution in [3.05, 3.63) is 29.8 Å². The molecule has 0 aliphatic carbocycles. The molecule has 2 atom stereocenters. The molecule has 0 spiro atoms. The average Bonchev–Trinajstić information content (AvgIpc) is 2.61. The van der Waals surface area contributed by atoms with Gasteiger partial charge in [0.25, 0.3) is 6.71 Å². The Morgan fingerprint density at radius 1 is 1.33 bits per heavy atom. The SMILES string of the molecule is CC1CN(c2ccc(C(C#N)CCC(=O)OC(C)(C)C)cc2)CCB1C#N. The molecule has 5 nitrogen and oxygen atoms in total. The van der Waals surface area contributed by atoms with E-state index in [2.05, 4.69) is 23.9 Å². The van der Waals surface area contributed by atoms with Gasteiger partial charge in [0.15, 0.2) is 0 Å². The zero-order valence-electron chi connectivity index (χ0n) is 16.7. The van der Waals surface area contributed by atoms with Crippen molar-refractivity contribution in [2.45, 2.75) is 64.2 Å². The van der Waals surface area contributed by atoms with Crippen LogP contribution in [0.25, 0.3) is 0 Å². The largest absolute Gasteiger partial charge is 0.460 e. The van der Waals surface area contributed by atoms with Gasteiger partial charge in [-0.25, -0.2) is 5.26 Å². The molecule has 1 saturated heterocycles. The highest BCUT2D eigenvalue weighted by molar-refractivity contribution is 6.68. The molecule has 1 aromatic carbocycles. The molecule has 0 radical (unpaired) electrons. The molecular weight excluding hydrogens is 337 g/mol. The molecule has 0 bridgehead atoms. The first-order valence-electron chi connectivity index (χ1n) is 9.59. The molecule has 27 heavy (non-hydrogen) atoms. The van der Waals surface area contributed by atoms with E-state index in [-0.39, 0.29) is 25.0 Å². The minimum absolute atomic E-state index is 0.136. The third-order valence-electron chi connectivity index (χ3n) is 4.94. The van der Waals surface area contributed by atoms with E-state index < -0.39 is 5.60 Å². The Hall–Kier alpha value is -2.47. The van der Waals surface area contributed by atoms with Gasteiger partial charge in [-0.2, -0.15) is 5.26 Å². The van der Waals surface area contributed by atoms with Crippen LogP contribution in [0.4, 0.5) is 5.69 Å². The smallest absolute Gasteiger partial charge is 0.306 e. The predicted molar refractivity (Wildman–Crippen MR) is 108 cm³/mol. The molecule has 1 heterocycles. The fourth-order valence-electron chi connectivity index (χ4n) is 3.45. The molecule has 2 unspecified atom stereocenters. The summed E-state index contributed by atoms with van der Waals surface area (Å²) >= 11 is 0. The van der Waals surface area contributed by atoms with Gasteiger partial charge >= 0.3 is 5.97 Å². The maximum absolute atomic E-state index is 11.9. The standard InChI is InChI=1S/C21H28BN3O2/c1-16-14-25(12-11-22(16)15-24)19-8-5-17(6-9-19)18(13-23)7-10-20(26)27-21(2,3)4/h5-6,8-9,16,18H,7,10-12,14H2,1-4H3. The monoisotopic (exact) mass is 365 g/mol. The minimum atomic E-state index is -0.503. The number of carbonyl (C=O) groups excluding carboxylic acids is 1. The van der Waals surface area contributed by atoms with Crippen molar-refractivity contribution in [2.24, 2.45) is 0 Å². The van der Waals surface area contributed by atoms with Gasteiger partial charge in [-0.1, -0.05) is 19.1 Å². The highest BCUT2D eigenvalue weighted by Gasteiger charge is 2.29. The summed E-state index contributed by atoms with van der Waals surface area (Å²) in [7, 11) is 0. The lowest BCUT2D eigenvalue weighted by molar-refractivity contribution is -0.154. The Morgan fingerprint density at radius 2 is 2.00 bits per heavy atom. The lowest BCUT2D eigenvalue weighted by Crippen LogP contribution is -2.40. The van der Waals surface area contributed by atoms with Crippen molar-refractivity contribution >= 4 is 18.4 Å². The van der Waals surface area contributed by atoms with E-state index in [0.29, 0.717) is 12.2 Å². The number of anilines is 1. The second-order valence-corrected chi connectivity index (χ2v) is 8.35. The highest BCUT2D eigenvalue weighted by atomic mass is 16.6. The maximum Gasteiger partial charge on any atom is 0.306 e. The molecule has 0 saturated carbocycles. The summed E-state index contributed by atoms with van der Waals surface area (Å²) < 4.78 is 5.32. The average molecular weight is 365 g/mol. The van der Waals surface area contributed by atoms with E-state index in [1.54, 1.807) is 0 Å². The first-order chi connectivity index (χ1) is 12.7. The zero-order valence-corrected chi connectivity index (χ0v) is 16.7. The van der Waals surface area contributed by atoms with E-state index in [0.717, 1.165) is 30.7 Å². The summed E-state index contributed by atoms with van der Waals surface area (Å²) in [6.07, 6.45) is 1.57. The normalized spacial score (nSPS) is 18.4. The van der Waals surface area contributed by atoms with Crippen LogP contribution in [0.15, 0.2) is 24.3 Å². The van der Waals surface area contributed by atoms with Crippen molar-refractivity contribution in [3.63, 3.8) is 0 Å². The number of ether oxygens (including phenoxy) is 1. The number of benzene rings is 1. The van der Waals surface area contributed by atoms with Crippen LogP contribution in [0.3, 0.4) is 0 Å². The van der Waals surface area contributed by atoms with Crippen molar-refractivity contribution in [1.29, 1.82) is 10.5 Å². The van der Waals surface area contributed by atoms with Gasteiger partial charge in [0, 0.05) is 31.2 Å². The summed E-state index contributed by atoms with van der Waals surface area (Å²) in [6, 6.07) is 10.3. The molecule has 142 valence electrons. The van der Waals surface area contributed by atoms with Crippen LogP contribution in [0.1, 0.15) is 52.0 Å². The minimum Gasteiger partial charge on any atom is -0.460 e. The van der Waals surface area contributed by atoms with Crippen LogP contribution in [0.2, 0.25) is 12.1 Å². The third-order valence-corrected chi connectivity index (χ3v) is 4.94. The van der Waals surface area contributed by atoms with Gasteiger partial charge in [-0.15, -0.1) is 0 Å². The van der Waals surface area contributed by atoms with Crippen molar-refractivity contribution < 1.29 is 9.53 Å². The first-order valence-corrected chi connectivity index (χ1v) is 9.59. The van der Waals surface area contributed by atoms with Crippen molar-refractivity contribution in [3.8, 4) is 12.0 Å². The topological polar surface area (TPSA) is 77.1 Å². The van der Waals surface area contributed by atoms with Crippen LogP contribution in [-0.2, 0) is 9.53 Å². The molecule has 2 rings (SSSR count). The van der Waals surface area contributed by atoms with Gasteiger partial charge in [0.1, 0.15) is 5.60 Å². The Kier molecular flexibility index (Phi) is 6.91. The molecule has 0 amide bonds. The van der Waals surface area contributed by atoms with Crippen LogP contribution in [0.5, 0.6) is 0 Å². The Morgan fingerprint density at radius 3 is 2.52 bits per heavy atom. The molecule has 1 aromatic rings. The Labute approximate surface area is 163 Å². The number of esters is 1. The summed E-state index contributed by atoms with van der Waals surface area (Å²) in [5, 5.41) is 18.7. The molecule has 6 heteroatoms. The van der Waals surface area contributed by atoms with Crippen molar-refractivity contribution in [2.75, 3.05) is 18.0 Å². The number of nitriles is 2. The quantitative estimate of drug-likeness (QED) is 0.578. The molecule has 0 aromatic heterocycles. The Balaban J connectivity index is 1.96. The van der Waals surface area contributed by atoms with E-state index in [1.807, 2.05) is 45.0 Å². The third kappa shape index (κ3) is 6.03. The van der Waals surface area contributed by atoms with Crippen LogP contribution in [0, 0.1) is 22.6 Å². The number of rotatable bonds is 5. The fraction of sp³-hybridized carbons (Fsp3) is 0.571. The first kappa shape index (κ1) is 20.8. The molecule has 1 aliphatic heterocycles. The second-order valence-electron chi connectivity index (χ2n) is 8.35. The van der Waals surface area contributed by atoms with Gasteiger partial charge in [-0.05, 0) is 57.0 Å². The van der Waals surface area contributed by atoms with Crippen molar-refractivity contribution in [1.82, 2.24) is 0 Å². The molecule has 1 aliphatic rings. The summed E-state index contributed by atoms with van der Waals surface area (Å²) in [5.41, 5.74) is 1.53. The number of carbonyl (C=O) groups is 1. The summed E-state index contributed by atoms with van der Waals surface area (Å²) in [6.45, 7) is 9.52. The van der Waals surface area contributed by atoms with Crippen LogP contribution < -0.4 is 4.90 Å². The van der Waals surface area contributed by atoms with E-state index in [9.17, 15) is 10.1 Å². The maximum atomic E-state index is 11.9. The highest BCUT2D eigenvalue weighted by Crippen LogP contribution is 2.28. The lowest BCUT2D eigenvalue weighted by Gasteiger charge is -2.34. The van der Waals surface area contributed by atoms with Gasteiger partial charge in [0.05, 0.1) is 12.0 Å². The van der Waals surface area contributed by atoms with Crippen LogP contribution >= 0.6 is 0 Å². The van der Waals surface area contributed by atoms with Gasteiger partial charge < -0.3 is 9.64 Å². The number of hydrogen-bond acceptors (Lipinski definition) is 5. The fourth-order valence-corrected chi connectivity index (χ4v) is 3.45. The molecule has 0 N–H and O–H groups in total.